The van der Waals surface area contributed by atoms with E-state index in [1.165, 1.54) is 42.5 Å². The lowest BCUT2D eigenvalue weighted by molar-refractivity contribution is -0.0361. The zero-order valence-corrected chi connectivity index (χ0v) is 15.8. The lowest BCUT2D eigenvalue weighted by atomic mass is 9.79. The second-order valence-electron chi connectivity index (χ2n) is 7.11. The van der Waals surface area contributed by atoms with Crippen LogP contribution in [0.25, 0.3) is 0 Å². The first-order chi connectivity index (χ1) is 11.6. The second kappa shape index (κ2) is 7.98. The van der Waals surface area contributed by atoms with Crippen LogP contribution in [0.4, 0.5) is 0 Å². The zero-order valence-electron chi connectivity index (χ0n) is 15.0. The van der Waals surface area contributed by atoms with E-state index in [9.17, 15) is 4.79 Å². The van der Waals surface area contributed by atoms with E-state index in [0.29, 0.717) is 0 Å². The van der Waals surface area contributed by atoms with Crippen LogP contribution in [0, 0.1) is 6.92 Å². The number of nitrogens with one attached hydrogen (secondary N) is 1. The van der Waals surface area contributed by atoms with Crippen LogP contribution >= 0.6 is 11.3 Å². The van der Waals surface area contributed by atoms with E-state index < -0.39 is 0 Å². The van der Waals surface area contributed by atoms with Gasteiger partial charge < -0.3 is 10.1 Å². The lowest BCUT2D eigenvalue weighted by Gasteiger charge is -2.48. The molecule has 3 rings (SSSR count). The van der Waals surface area contributed by atoms with Crippen LogP contribution in [-0.2, 0) is 11.2 Å². The molecule has 134 valence electrons. The highest BCUT2D eigenvalue weighted by molar-refractivity contribution is 7.14. The molecular formula is C19H30N2O2S. The van der Waals surface area contributed by atoms with Crippen LogP contribution in [-0.4, -0.2) is 49.2 Å². The highest BCUT2D eigenvalue weighted by Crippen LogP contribution is 2.34. The molecule has 1 amide bonds. The summed E-state index contributed by atoms with van der Waals surface area (Å²) >= 11 is 1.62. The van der Waals surface area contributed by atoms with Gasteiger partial charge >= 0.3 is 0 Å². The van der Waals surface area contributed by atoms with Gasteiger partial charge in [0.15, 0.2) is 0 Å². The third kappa shape index (κ3) is 3.84. The Labute approximate surface area is 149 Å². The summed E-state index contributed by atoms with van der Waals surface area (Å²) in [6.45, 7) is 8.65. The first kappa shape index (κ1) is 17.9. The minimum Gasteiger partial charge on any atom is -0.379 e. The van der Waals surface area contributed by atoms with E-state index in [0.717, 1.165) is 44.1 Å². The number of thiophene rings is 1. The third-order valence-corrected chi connectivity index (χ3v) is 6.76. The van der Waals surface area contributed by atoms with Crippen molar-refractivity contribution >= 4 is 17.2 Å². The van der Waals surface area contributed by atoms with Crippen LogP contribution in [0.2, 0.25) is 0 Å². The Bertz CT molecular complexity index is 558. The van der Waals surface area contributed by atoms with Crippen molar-refractivity contribution in [1.82, 2.24) is 10.2 Å². The van der Waals surface area contributed by atoms with E-state index in [1.54, 1.807) is 11.3 Å². The second-order valence-corrected chi connectivity index (χ2v) is 8.37. The number of hydrogen-bond acceptors (Lipinski definition) is 4. The van der Waals surface area contributed by atoms with Crippen molar-refractivity contribution in [3.8, 4) is 0 Å². The molecule has 0 bridgehead atoms. The molecule has 1 aliphatic heterocycles. The molecule has 24 heavy (non-hydrogen) atoms. The highest BCUT2D eigenvalue weighted by atomic mass is 32.1. The molecule has 0 radical (unpaired) electrons. The molecule has 1 aliphatic carbocycles. The smallest absolute Gasteiger partial charge is 0.261 e. The van der Waals surface area contributed by atoms with Crippen molar-refractivity contribution in [1.29, 1.82) is 0 Å². The molecule has 2 fully saturated rings. The zero-order chi connectivity index (χ0) is 17.0. The van der Waals surface area contributed by atoms with Crippen molar-refractivity contribution in [3.05, 3.63) is 21.4 Å². The van der Waals surface area contributed by atoms with E-state index in [4.69, 9.17) is 4.74 Å². The number of amides is 1. The maximum atomic E-state index is 12.6. The number of carbonyl (C=O) groups excluding carboxylic acids is 1. The van der Waals surface area contributed by atoms with Crippen molar-refractivity contribution in [3.63, 3.8) is 0 Å². The molecule has 5 heteroatoms. The first-order valence-electron chi connectivity index (χ1n) is 9.35. The van der Waals surface area contributed by atoms with Crippen LogP contribution in [0.1, 0.15) is 59.1 Å². The molecule has 2 heterocycles. The molecule has 0 aromatic carbocycles. The molecule has 1 saturated carbocycles. The topological polar surface area (TPSA) is 41.6 Å². The van der Waals surface area contributed by atoms with Crippen LogP contribution in [0.15, 0.2) is 6.07 Å². The number of hydrogen-bond donors (Lipinski definition) is 1. The minimum atomic E-state index is 0.0982. The van der Waals surface area contributed by atoms with Crippen molar-refractivity contribution in [2.75, 3.05) is 32.8 Å². The molecule has 1 aromatic rings. The summed E-state index contributed by atoms with van der Waals surface area (Å²) in [5.41, 5.74) is 1.43. The summed E-state index contributed by atoms with van der Waals surface area (Å²) in [4.78, 5) is 17.4. The van der Waals surface area contributed by atoms with Gasteiger partial charge in [-0.25, -0.2) is 0 Å². The Morgan fingerprint density at radius 3 is 2.62 bits per heavy atom. The Morgan fingerprint density at radius 1 is 1.29 bits per heavy atom. The SMILES string of the molecule is CCc1cc(C(=O)NCC2(N3CCOCC3)CCCCC2)sc1C. The molecule has 1 N–H and O–H groups in total. The molecule has 1 aromatic heterocycles. The predicted octanol–water partition coefficient (Wildman–Crippen LogP) is 3.38. The third-order valence-electron chi connectivity index (χ3n) is 5.67. The summed E-state index contributed by atoms with van der Waals surface area (Å²) in [6.07, 6.45) is 7.24. The molecule has 0 spiro atoms. The quantitative estimate of drug-likeness (QED) is 0.885. The molecule has 2 aliphatic rings. The number of carbonyl (C=O) groups is 1. The summed E-state index contributed by atoms with van der Waals surface area (Å²) in [5.74, 6) is 0.0982. The molecule has 0 unspecified atom stereocenters. The van der Waals surface area contributed by atoms with Crippen molar-refractivity contribution < 1.29 is 9.53 Å². The minimum absolute atomic E-state index is 0.0982. The fourth-order valence-corrected chi connectivity index (χ4v) is 5.20. The van der Waals surface area contributed by atoms with E-state index >= 15 is 0 Å². The van der Waals surface area contributed by atoms with Crippen molar-refractivity contribution in [2.24, 2.45) is 0 Å². The maximum Gasteiger partial charge on any atom is 0.261 e. The van der Waals surface area contributed by atoms with Gasteiger partial charge in [0, 0.05) is 30.1 Å². The first-order valence-corrected chi connectivity index (χ1v) is 10.2. The number of rotatable bonds is 5. The van der Waals surface area contributed by atoms with E-state index in [2.05, 4.69) is 30.1 Å². The monoisotopic (exact) mass is 350 g/mol. The average molecular weight is 351 g/mol. The Balaban J connectivity index is 1.67. The summed E-state index contributed by atoms with van der Waals surface area (Å²) < 4.78 is 5.53. The van der Waals surface area contributed by atoms with Crippen molar-refractivity contribution in [2.45, 2.75) is 57.9 Å². The van der Waals surface area contributed by atoms with Gasteiger partial charge in [0.2, 0.25) is 0 Å². The number of morpholine rings is 1. The fourth-order valence-electron chi connectivity index (χ4n) is 4.17. The van der Waals surface area contributed by atoms with Gasteiger partial charge in [0.25, 0.3) is 5.91 Å². The van der Waals surface area contributed by atoms with E-state index in [1.807, 2.05) is 0 Å². The van der Waals surface area contributed by atoms with Gasteiger partial charge in [0.1, 0.15) is 0 Å². The number of aryl methyl sites for hydroxylation is 2. The fraction of sp³-hybridized carbons (Fsp3) is 0.737. The van der Waals surface area contributed by atoms with Crippen LogP contribution in [0.5, 0.6) is 0 Å². The average Bonchev–Trinajstić information content (AvgIpc) is 3.02. The maximum absolute atomic E-state index is 12.6. The summed E-state index contributed by atoms with van der Waals surface area (Å²) in [5, 5.41) is 3.26. The van der Waals surface area contributed by atoms with Gasteiger partial charge in [0.05, 0.1) is 18.1 Å². The predicted molar refractivity (Wildman–Crippen MR) is 99.0 cm³/mol. The molecular weight excluding hydrogens is 320 g/mol. The standard InChI is InChI=1S/C19H30N2O2S/c1-3-16-13-17(24-15(16)2)18(22)20-14-19(7-5-4-6-8-19)21-9-11-23-12-10-21/h13H,3-12,14H2,1-2H3,(H,20,22). The van der Waals surface area contributed by atoms with E-state index in [-0.39, 0.29) is 11.4 Å². The lowest BCUT2D eigenvalue weighted by Crippen LogP contribution is -2.59. The Morgan fingerprint density at radius 2 is 2.00 bits per heavy atom. The van der Waals surface area contributed by atoms with Gasteiger partial charge in [-0.1, -0.05) is 26.2 Å². The van der Waals surface area contributed by atoms with Gasteiger partial charge in [-0.3, -0.25) is 9.69 Å². The Hall–Kier alpha value is -0.910. The normalized spacial score (nSPS) is 21.6. The molecule has 4 nitrogen and oxygen atoms in total. The van der Waals surface area contributed by atoms with Crippen LogP contribution in [0.3, 0.4) is 0 Å². The highest BCUT2D eigenvalue weighted by Gasteiger charge is 2.38. The van der Waals surface area contributed by atoms with Gasteiger partial charge in [-0.05, 0) is 37.8 Å². The molecule has 0 atom stereocenters. The van der Waals surface area contributed by atoms with Gasteiger partial charge in [-0.15, -0.1) is 11.3 Å². The largest absolute Gasteiger partial charge is 0.379 e. The molecule has 1 saturated heterocycles. The summed E-state index contributed by atoms with van der Waals surface area (Å²) in [7, 11) is 0. The number of nitrogens with zero attached hydrogens (tertiary/aromatic N) is 1. The summed E-state index contributed by atoms with van der Waals surface area (Å²) in [6, 6.07) is 2.07. The van der Waals surface area contributed by atoms with Gasteiger partial charge in [-0.2, -0.15) is 0 Å². The Kier molecular flexibility index (Phi) is 5.95. The van der Waals surface area contributed by atoms with Crippen LogP contribution < -0.4 is 5.32 Å². The number of ether oxygens (including phenoxy) is 1.